The van der Waals surface area contributed by atoms with Crippen LogP contribution in [0.1, 0.15) is 11.3 Å². The third-order valence-corrected chi connectivity index (χ3v) is 4.21. The molecule has 0 saturated heterocycles. The Bertz CT molecular complexity index is 807. The SMILES string of the molecule is Cc1nc2ccc(-c3cccs3)cn2c(=O)c1CCO. The number of nitrogens with zero attached hydrogens (tertiary/aromatic N) is 2. The molecule has 3 aromatic heterocycles. The van der Waals surface area contributed by atoms with Crippen molar-refractivity contribution in [3.63, 3.8) is 0 Å². The summed E-state index contributed by atoms with van der Waals surface area (Å²) in [6.45, 7) is 1.76. The smallest absolute Gasteiger partial charge is 0.261 e. The van der Waals surface area contributed by atoms with E-state index in [1.807, 2.05) is 35.8 Å². The van der Waals surface area contributed by atoms with Gasteiger partial charge < -0.3 is 5.11 Å². The number of rotatable bonds is 3. The molecular weight excluding hydrogens is 272 g/mol. The highest BCUT2D eigenvalue weighted by Crippen LogP contribution is 2.24. The lowest BCUT2D eigenvalue weighted by molar-refractivity contribution is 0.298. The van der Waals surface area contributed by atoms with Crippen LogP contribution in [0.15, 0.2) is 40.6 Å². The molecule has 0 bridgehead atoms. The summed E-state index contributed by atoms with van der Waals surface area (Å²) in [5.41, 5.74) is 2.80. The average molecular weight is 286 g/mol. The van der Waals surface area contributed by atoms with Gasteiger partial charge in [0.2, 0.25) is 0 Å². The van der Waals surface area contributed by atoms with Gasteiger partial charge in [-0.2, -0.15) is 0 Å². The van der Waals surface area contributed by atoms with Gasteiger partial charge in [0.1, 0.15) is 5.65 Å². The first-order chi connectivity index (χ1) is 9.70. The van der Waals surface area contributed by atoms with Crippen molar-refractivity contribution in [2.75, 3.05) is 6.61 Å². The van der Waals surface area contributed by atoms with E-state index < -0.39 is 0 Å². The fourth-order valence-electron chi connectivity index (χ4n) is 2.27. The monoisotopic (exact) mass is 286 g/mol. The molecule has 0 atom stereocenters. The summed E-state index contributed by atoms with van der Waals surface area (Å²) in [5.74, 6) is 0. The molecule has 1 N–H and O–H groups in total. The molecule has 5 heteroatoms. The van der Waals surface area contributed by atoms with E-state index in [9.17, 15) is 4.79 Å². The number of aryl methyl sites for hydroxylation is 1. The van der Waals surface area contributed by atoms with Crippen molar-refractivity contribution in [2.45, 2.75) is 13.3 Å². The zero-order valence-corrected chi connectivity index (χ0v) is 11.9. The van der Waals surface area contributed by atoms with Gasteiger partial charge in [0.15, 0.2) is 0 Å². The first-order valence-electron chi connectivity index (χ1n) is 6.37. The van der Waals surface area contributed by atoms with Gasteiger partial charge in [-0.3, -0.25) is 9.20 Å². The highest BCUT2D eigenvalue weighted by molar-refractivity contribution is 7.13. The number of thiophene rings is 1. The molecule has 0 aromatic carbocycles. The summed E-state index contributed by atoms with van der Waals surface area (Å²) >= 11 is 1.63. The zero-order valence-electron chi connectivity index (χ0n) is 11.0. The molecule has 0 unspecified atom stereocenters. The van der Waals surface area contributed by atoms with Crippen LogP contribution in [0.3, 0.4) is 0 Å². The normalized spacial score (nSPS) is 11.1. The second kappa shape index (κ2) is 5.19. The highest BCUT2D eigenvalue weighted by atomic mass is 32.1. The molecule has 0 aliphatic heterocycles. The second-order valence-corrected chi connectivity index (χ2v) is 5.53. The predicted octanol–water partition coefficient (Wildman–Crippen LogP) is 2.27. The fraction of sp³-hybridized carbons (Fsp3) is 0.200. The molecule has 0 spiro atoms. The minimum Gasteiger partial charge on any atom is -0.396 e. The minimum atomic E-state index is -0.0973. The van der Waals surface area contributed by atoms with Crippen LogP contribution in [0.4, 0.5) is 0 Å². The van der Waals surface area contributed by atoms with E-state index in [-0.39, 0.29) is 12.2 Å². The van der Waals surface area contributed by atoms with E-state index >= 15 is 0 Å². The van der Waals surface area contributed by atoms with Gasteiger partial charge in [0.05, 0.1) is 0 Å². The molecule has 4 nitrogen and oxygen atoms in total. The Balaban J connectivity index is 2.25. The fourth-order valence-corrected chi connectivity index (χ4v) is 2.99. The first-order valence-corrected chi connectivity index (χ1v) is 7.25. The molecule has 0 aliphatic rings. The lowest BCUT2D eigenvalue weighted by atomic mass is 10.1. The molecule has 0 radical (unpaired) electrons. The molecule has 0 amide bonds. The van der Waals surface area contributed by atoms with E-state index in [1.54, 1.807) is 22.7 Å². The summed E-state index contributed by atoms with van der Waals surface area (Å²) in [4.78, 5) is 18.0. The highest BCUT2D eigenvalue weighted by Gasteiger charge is 2.10. The van der Waals surface area contributed by atoms with Gasteiger partial charge in [0.25, 0.3) is 5.56 Å². The summed E-state index contributed by atoms with van der Waals surface area (Å²) < 4.78 is 1.56. The largest absolute Gasteiger partial charge is 0.396 e. The number of aliphatic hydroxyl groups excluding tert-OH is 1. The van der Waals surface area contributed by atoms with Crippen LogP contribution in [-0.2, 0) is 6.42 Å². The Morgan fingerprint density at radius 1 is 1.35 bits per heavy atom. The molecule has 20 heavy (non-hydrogen) atoms. The predicted molar refractivity (Wildman–Crippen MR) is 80.3 cm³/mol. The quantitative estimate of drug-likeness (QED) is 0.803. The number of pyridine rings is 1. The van der Waals surface area contributed by atoms with E-state index in [0.717, 1.165) is 10.4 Å². The van der Waals surface area contributed by atoms with Crippen molar-refractivity contribution < 1.29 is 5.11 Å². The molecule has 102 valence electrons. The van der Waals surface area contributed by atoms with Crippen LogP contribution in [-0.4, -0.2) is 21.1 Å². The van der Waals surface area contributed by atoms with Gasteiger partial charge >= 0.3 is 0 Å². The van der Waals surface area contributed by atoms with E-state index in [1.165, 1.54) is 0 Å². The van der Waals surface area contributed by atoms with Crippen LogP contribution in [0.2, 0.25) is 0 Å². The number of aromatic nitrogens is 2. The Labute approximate surface area is 120 Å². The number of aliphatic hydroxyl groups is 1. The van der Waals surface area contributed by atoms with E-state index in [4.69, 9.17) is 5.11 Å². The standard InChI is InChI=1S/C15H14N2O2S/c1-10-12(6-7-18)15(19)17-9-11(4-5-14(17)16-10)13-3-2-8-20-13/h2-5,8-9,18H,6-7H2,1H3. The van der Waals surface area contributed by atoms with E-state index in [2.05, 4.69) is 4.98 Å². The number of hydrogen-bond acceptors (Lipinski definition) is 4. The molecular formula is C15H14N2O2S. The van der Waals surface area contributed by atoms with Crippen LogP contribution >= 0.6 is 11.3 Å². The Hall–Kier alpha value is -1.98. The van der Waals surface area contributed by atoms with Gasteiger partial charge in [-0.05, 0) is 30.5 Å². The number of hydrogen-bond donors (Lipinski definition) is 1. The lowest BCUT2D eigenvalue weighted by Gasteiger charge is -2.08. The van der Waals surface area contributed by atoms with Gasteiger partial charge in [-0.15, -0.1) is 11.3 Å². The minimum absolute atomic E-state index is 0.0472. The van der Waals surface area contributed by atoms with Crippen LogP contribution in [0.25, 0.3) is 16.1 Å². The maximum atomic E-state index is 12.5. The van der Waals surface area contributed by atoms with E-state index in [0.29, 0.717) is 23.3 Å². The van der Waals surface area contributed by atoms with Crippen molar-refractivity contribution in [1.82, 2.24) is 9.38 Å². The molecule has 3 heterocycles. The number of fused-ring (bicyclic) bond motifs is 1. The molecule has 3 rings (SSSR count). The Kier molecular flexibility index (Phi) is 3.38. The van der Waals surface area contributed by atoms with Crippen LogP contribution < -0.4 is 5.56 Å². The molecule has 0 fully saturated rings. The van der Waals surface area contributed by atoms with Crippen LogP contribution in [0, 0.1) is 6.92 Å². The Morgan fingerprint density at radius 2 is 2.20 bits per heavy atom. The maximum Gasteiger partial charge on any atom is 0.261 e. The molecule has 0 saturated carbocycles. The Morgan fingerprint density at radius 3 is 2.90 bits per heavy atom. The van der Waals surface area contributed by atoms with Crippen molar-refractivity contribution in [3.8, 4) is 10.4 Å². The van der Waals surface area contributed by atoms with Gasteiger partial charge in [-0.25, -0.2) is 4.98 Å². The average Bonchev–Trinajstić information content (AvgIpc) is 2.97. The molecule has 3 aromatic rings. The van der Waals surface area contributed by atoms with Crippen molar-refractivity contribution in [1.29, 1.82) is 0 Å². The van der Waals surface area contributed by atoms with Crippen molar-refractivity contribution in [3.05, 3.63) is 57.5 Å². The third-order valence-electron chi connectivity index (χ3n) is 3.29. The topological polar surface area (TPSA) is 54.6 Å². The zero-order chi connectivity index (χ0) is 14.1. The summed E-state index contributed by atoms with van der Waals surface area (Å²) in [6.07, 6.45) is 2.15. The molecule has 0 aliphatic carbocycles. The first kappa shape index (κ1) is 13.0. The van der Waals surface area contributed by atoms with Crippen molar-refractivity contribution >= 4 is 17.0 Å². The van der Waals surface area contributed by atoms with Gasteiger partial charge in [-0.1, -0.05) is 6.07 Å². The van der Waals surface area contributed by atoms with Gasteiger partial charge in [0, 0.05) is 40.9 Å². The summed E-state index contributed by atoms with van der Waals surface area (Å²) in [6, 6.07) is 7.83. The van der Waals surface area contributed by atoms with Crippen molar-refractivity contribution in [2.24, 2.45) is 0 Å². The lowest BCUT2D eigenvalue weighted by Crippen LogP contribution is -2.22. The van der Waals surface area contributed by atoms with Crippen LogP contribution in [0.5, 0.6) is 0 Å². The summed E-state index contributed by atoms with van der Waals surface area (Å²) in [7, 11) is 0. The maximum absolute atomic E-state index is 12.5. The second-order valence-electron chi connectivity index (χ2n) is 4.58. The third kappa shape index (κ3) is 2.15. The summed E-state index contributed by atoms with van der Waals surface area (Å²) in [5, 5.41) is 11.1.